The lowest BCUT2D eigenvalue weighted by Crippen LogP contribution is -2.38. The van der Waals surface area contributed by atoms with Gasteiger partial charge in [0.25, 0.3) is 5.91 Å². The highest BCUT2D eigenvalue weighted by molar-refractivity contribution is 5.97. The van der Waals surface area contributed by atoms with Crippen molar-refractivity contribution in [1.82, 2.24) is 5.32 Å². The maximum absolute atomic E-state index is 11.8. The molecular weight excluding hydrogens is 234 g/mol. The lowest BCUT2D eigenvalue weighted by Gasteiger charge is -2.19. The zero-order chi connectivity index (χ0) is 13.9. The number of carbonyl (C=O) groups excluding carboxylic acids is 1. The van der Waals surface area contributed by atoms with Crippen LogP contribution in [0.25, 0.3) is 0 Å². The fourth-order valence-corrected chi connectivity index (χ4v) is 1.30. The third kappa shape index (κ3) is 3.23. The van der Waals surface area contributed by atoms with E-state index in [1.54, 1.807) is 19.1 Å². The standard InChI is InChI=1S/C13H17NO4/c1-8-4-5-10(15)9(6-8)11(16)14-7-13(2,3)12(17)18/h4-6,15H,7H2,1-3H3,(H,14,16)(H,17,18). The molecule has 0 aliphatic carbocycles. The first kappa shape index (κ1) is 14.0. The number of nitrogens with one attached hydrogen (secondary N) is 1. The number of phenols is 1. The van der Waals surface area contributed by atoms with Gasteiger partial charge in [0, 0.05) is 6.54 Å². The van der Waals surface area contributed by atoms with Crippen LogP contribution < -0.4 is 5.32 Å². The van der Waals surface area contributed by atoms with Crippen molar-refractivity contribution in [3.05, 3.63) is 29.3 Å². The molecule has 1 aromatic rings. The number of aromatic hydroxyl groups is 1. The van der Waals surface area contributed by atoms with Crippen molar-refractivity contribution in [3.8, 4) is 5.75 Å². The number of carboxylic acid groups (broad SMARTS) is 1. The molecule has 1 amide bonds. The molecule has 0 radical (unpaired) electrons. The van der Waals surface area contributed by atoms with Gasteiger partial charge < -0.3 is 15.5 Å². The van der Waals surface area contributed by atoms with Crippen LogP contribution in [0.3, 0.4) is 0 Å². The molecule has 0 heterocycles. The molecule has 3 N–H and O–H groups in total. The van der Waals surface area contributed by atoms with Gasteiger partial charge in [-0.05, 0) is 32.9 Å². The number of carboxylic acids is 1. The van der Waals surface area contributed by atoms with Crippen molar-refractivity contribution in [2.75, 3.05) is 6.54 Å². The summed E-state index contributed by atoms with van der Waals surface area (Å²) in [7, 11) is 0. The molecule has 0 saturated carbocycles. The lowest BCUT2D eigenvalue weighted by atomic mass is 9.94. The zero-order valence-electron chi connectivity index (χ0n) is 10.7. The minimum absolute atomic E-state index is 0.00541. The summed E-state index contributed by atoms with van der Waals surface area (Å²) >= 11 is 0. The Morgan fingerprint density at radius 1 is 1.33 bits per heavy atom. The van der Waals surface area contributed by atoms with E-state index in [-0.39, 0.29) is 17.9 Å². The summed E-state index contributed by atoms with van der Waals surface area (Å²) in [5.74, 6) is -1.59. The van der Waals surface area contributed by atoms with Gasteiger partial charge in [-0.2, -0.15) is 0 Å². The summed E-state index contributed by atoms with van der Waals surface area (Å²) in [6, 6.07) is 4.68. The first-order valence-corrected chi connectivity index (χ1v) is 5.55. The third-order valence-electron chi connectivity index (χ3n) is 2.67. The average molecular weight is 251 g/mol. The molecule has 98 valence electrons. The van der Waals surface area contributed by atoms with E-state index in [2.05, 4.69) is 5.32 Å². The van der Waals surface area contributed by atoms with Gasteiger partial charge in [-0.15, -0.1) is 0 Å². The SMILES string of the molecule is Cc1ccc(O)c(C(=O)NCC(C)(C)C(=O)O)c1. The van der Waals surface area contributed by atoms with E-state index in [0.29, 0.717) is 0 Å². The second kappa shape index (κ2) is 5.08. The van der Waals surface area contributed by atoms with Crippen LogP contribution in [0.1, 0.15) is 29.8 Å². The molecule has 0 aliphatic rings. The van der Waals surface area contributed by atoms with Crippen LogP contribution in [-0.2, 0) is 4.79 Å². The first-order chi connectivity index (χ1) is 8.24. The molecule has 1 aromatic carbocycles. The first-order valence-electron chi connectivity index (χ1n) is 5.55. The molecule has 0 saturated heterocycles. The maximum atomic E-state index is 11.8. The Morgan fingerprint density at radius 2 is 1.94 bits per heavy atom. The molecule has 1 rings (SSSR count). The van der Waals surface area contributed by atoms with Crippen molar-refractivity contribution in [1.29, 1.82) is 0 Å². The maximum Gasteiger partial charge on any atom is 0.310 e. The number of hydrogen-bond acceptors (Lipinski definition) is 3. The normalized spacial score (nSPS) is 11.1. The van der Waals surface area contributed by atoms with E-state index in [4.69, 9.17) is 5.11 Å². The predicted octanol–water partition coefficient (Wildman–Crippen LogP) is 1.54. The molecule has 0 atom stereocenters. The minimum Gasteiger partial charge on any atom is -0.507 e. The fraction of sp³-hybridized carbons (Fsp3) is 0.385. The van der Waals surface area contributed by atoms with Gasteiger partial charge in [0.15, 0.2) is 0 Å². The van der Waals surface area contributed by atoms with Crippen molar-refractivity contribution in [2.45, 2.75) is 20.8 Å². The molecule has 0 unspecified atom stereocenters. The number of benzene rings is 1. The Kier molecular flexibility index (Phi) is 3.96. The summed E-state index contributed by atoms with van der Waals surface area (Å²) in [5, 5.41) is 21.0. The largest absolute Gasteiger partial charge is 0.507 e. The summed E-state index contributed by atoms with van der Waals surface area (Å²) in [6.45, 7) is 4.84. The van der Waals surface area contributed by atoms with Crippen LogP contribution in [0.4, 0.5) is 0 Å². The summed E-state index contributed by atoms with van der Waals surface area (Å²) in [6.07, 6.45) is 0. The minimum atomic E-state index is -1.05. The Bertz CT molecular complexity index is 480. The Hall–Kier alpha value is -2.04. The van der Waals surface area contributed by atoms with Gasteiger partial charge in [0.2, 0.25) is 0 Å². The van der Waals surface area contributed by atoms with Crippen LogP contribution in [0.5, 0.6) is 5.75 Å². The van der Waals surface area contributed by atoms with Gasteiger partial charge in [-0.3, -0.25) is 9.59 Å². The summed E-state index contributed by atoms with van der Waals surface area (Å²) < 4.78 is 0. The van der Waals surface area contributed by atoms with Crippen molar-refractivity contribution < 1.29 is 19.8 Å². The van der Waals surface area contributed by atoms with Crippen LogP contribution in [0, 0.1) is 12.3 Å². The lowest BCUT2D eigenvalue weighted by molar-refractivity contribution is -0.146. The molecule has 18 heavy (non-hydrogen) atoms. The quantitative estimate of drug-likeness (QED) is 0.757. The Balaban J connectivity index is 2.78. The second-order valence-corrected chi connectivity index (χ2v) is 4.89. The molecule has 5 nitrogen and oxygen atoms in total. The zero-order valence-corrected chi connectivity index (χ0v) is 10.7. The van der Waals surface area contributed by atoms with E-state index in [1.807, 2.05) is 0 Å². The number of aliphatic carboxylic acids is 1. The van der Waals surface area contributed by atoms with E-state index in [0.717, 1.165) is 5.56 Å². The number of rotatable bonds is 4. The van der Waals surface area contributed by atoms with E-state index in [9.17, 15) is 14.7 Å². The highest BCUT2D eigenvalue weighted by atomic mass is 16.4. The number of carbonyl (C=O) groups is 2. The highest BCUT2D eigenvalue weighted by Crippen LogP contribution is 2.19. The van der Waals surface area contributed by atoms with Gasteiger partial charge >= 0.3 is 5.97 Å². The molecule has 0 spiro atoms. The molecule has 0 aromatic heterocycles. The van der Waals surface area contributed by atoms with Crippen molar-refractivity contribution in [2.24, 2.45) is 5.41 Å². The van der Waals surface area contributed by atoms with Crippen molar-refractivity contribution >= 4 is 11.9 Å². The van der Waals surface area contributed by atoms with E-state index >= 15 is 0 Å². The Morgan fingerprint density at radius 3 is 2.50 bits per heavy atom. The molecule has 0 aliphatic heterocycles. The molecular formula is C13H17NO4. The fourth-order valence-electron chi connectivity index (χ4n) is 1.30. The smallest absolute Gasteiger partial charge is 0.310 e. The number of hydrogen-bond donors (Lipinski definition) is 3. The van der Waals surface area contributed by atoms with Gasteiger partial charge in [-0.1, -0.05) is 11.6 Å². The predicted molar refractivity (Wildman–Crippen MR) is 66.6 cm³/mol. The number of amides is 1. The van der Waals surface area contributed by atoms with Gasteiger partial charge in [0.05, 0.1) is 11.0 Å². The number of aryl methyl sites for hydroxylation is 1. The molecule has 0 bridgehead atoms. The second-order valence-electron chi connectivity index (χ2n) is 4.89. The summed E-state index contributed by atoms with van der Waals surface area (Å²) in [4.78, 5) is 22.7. The number of phenolic OH excluding ortho intramolecular Hbond substituents is 1. The van der Waals surface area contributed by atoms with Crippen LogP contribution in [0.2, 0.25) is 0 Å². The molecule has 0 fully saturated rings. The summed E-state index contributed by atoms with van der Waals surface area (Å²) in [5.41, 5.74) is -0.0543. The monoisotopic (exact) mass is 251 g/mol. The Labute approximate surface area is 105 Å². The van der Waals surface area contributed by atoms with Gasteiger partial charge in [-0.25, -0.2) is 0 Å². The van der Waals surface area contributed by atoms with Crippen LogP contribution >= 0.6 is 0 Å². The van der Waals surface area contributed by atoms with Crippen LogP contribution in [0.15, 0.2) is 18.2 Å². The van der Waals surface area contributed by atoms with Gasteiger partial charge in [0.1, 0.15) is 5.75 Å². The van der Waals surface area contributed by atoms with E-state index < -0.39 is 17.3 Å². The third-order valence-corrected chi connectivity index (χ3v) is 2.67. The molecule has 5 heteroatoms. The van der Waals surface area contributed by atoms with Crippen LogP contribution in [-0.4, -0.2) is 28.6 Å². The highest BCUT2D eigenvalue weighted by Gasteiger charge is 2.28. The topological polar surface area (TPSA) is 86.6 Å². The van der Waals surface area contributed by atoms with Crippen molar-refractivity contribution in [3.63, 3.8) is 0 Å². The van der Waals surface area contributed by atoms with E-state index in [1.165, 1.54) is 19.9 Å². The average Bonchev–Trinajstić information content (AvgIpc) is 2.29.